The monoisotopic (exact) mass is 264 g/mol. The van der Waals surface area contributed by atoms with Crippen molar-refractivity contribution in [2.75, 3.05) is 0 Å². The molecule has 0 saturated heterocycles. The molecule has 0 amide bonds. The van der Waals surface area contributed by atoms with Crippen LogP contribution >= 0.6 is 22.9 Å². The molecule has 2 rings (SSSR count). The van der Waals surface area contributed by atoms with Crippen LogP contribution in [0.25, 0.3) is 10.6 Å². The van der Waals surface area contributed by atoms with Crippen molar-refractivity contribution < 1.29 is 9.90 Å². The molecule has 0 unspecified atom stereocenters. The average Bonchev–Trinajstić information content (AvgIpc) is 2.74. The number of carboxylic acid groups (broad SMARTS) is 1. The van der Waals surface area contributed by atoms with Crippen LogP contribution in [-0.2, 0) is 0 Å². The SMILES string of the molecule is N#Cc1sc(-c2ccc(Cl)cc2)nc1C(=O)O. The number of nitriles is 1. The fraction of sp³-hybridized carbons (Fsp3) is 0. The standard InChI is InChI=1S/C11H5ClN2O2S/c12-7-3-1-6(2-4-7)10-14-9(11(15)16)8(5-13)17-10/h1-4H,(H,15,16). The number of hydrogen-bond donors (Lipinski definition) is 1. The molecule has 17 heavy (non-hydrogen) atoms. The molecule has 1 heterocycles. The first-order valence-corrected chi connectivity index (χ1v) is 5.71. The first-order valence-electron chi connectivity index (χ1n) is 4.52. The van der Waals surface area contributed by atoms with Crippen molar-refractivity contribution in [3.05, 3.63) is 39.9 Å². The second-order valence-corrected chi connectivity index (χ2v) is 4.56. The van der Waals surface area contributed by atoms with Crippen LogP contribution in [0.2, 0.25) is 5.02 Å². The zero-order valence-corrected chi connectivity index (χ0v) is 9.92. The predicted molar refractivity (Wildman–Crippen MR) is 64.2 cm³/mol. The van der Waals surface area contributed by atoms with E-state index in [2.05, 4.69) is 4.98 Å². The van der Waals surface area contributed by atoms with Crippen LogP contribution in [0.4, 0.5) is 0 Å². The Morgan fingerprint density at radius 1 is 1.41 bits per heavy atom. The fourth-order valence-electron chi connectivity index (χ4n) is 1.26. The number of aromatic nitrogens is 1. The molecule has 0 spiro atoms. The maximum Gasteiger partial charge on any atom is 0.356 e. The lowest BCUT2D eigenvalue weighted by Gasteiger charge is -1.94. The minimum absolute atomic E-state index is 0.0995. The van der Waals surface area contributed by atoms with E-state index in [9.17, 15) is 4.79 Å². The molecule has 4 nitrogen and oxygen atoms in total. The van der Waals surface area contributed by atoms with Crippen LogP contribution in [0.15, 0.2) is 24.3 Å². The Morgan fingerprint density at radius 3 is 2.53 bits per heavy atom. The summed E-state index contributed by atoms with van der Waals surface area (Å²) in [6.45, 7) is 0. The van der Waals surface area contributed by atoms with Gasteiger partial charge in [-0.3, -0.25) is 0 Å². The molecule has 0 atom stereocenters. The van der Waals surface area contributed by atoms with E-state index >= 15 is 0 Å². The predicted octanol–water partition coefficient (Wildman–Crippen LogP) is 3.03. The van der Waals surface area contributed by atoms with Gasteiger partial charge < -0.3 is 5.11 Å². The molecule has 0 radical (unpaired) electrons. The average molecular weight is 265 g/mol. The molecule has 1 N–H and O–H groups in total. The highest BCUT2D eigenvalue weighted by Crippen LogP contribution is 2.28. The molecule has 0 saturated carbocycles. The number of benzene rings is 1. The van der Waals surface area contributed by atoms with Crippen molar-refractivity contribution in [2.45, 2.75) is 0 Å². The van der Waals surface area contributed by atoms with Gasteiger partial charge in [-0.2, -0.15) is 5.26 Å². The zero-order chi connectivity index (χ0) is 12.4. The van der Waals surface area contributed by atoms with E-state index < -0.39 is 5.97 Å². The number of rotatable bonds is 2. The van der Waals surface area contributed by atoms with E-state index in [4.69, 9.17) is 22.0 Å². The summed E-state index contributed by atoms with van der Waals surface area (Å²) < 4.78 is 0. The van der Waals surface area contributed by atoms with Gasteiger partial charge >= 0.3 is 5.97 Å². The minimum Gasteiger partial charge on any atom is -0.476 e. The van der Waals surface area contributed by atoms with E-state index in [0.29, 0.717) is 10.0 Å². The third-order valence-electron chi connectivity index (χ3n) is 2.02. The van der Waals surface area contributed by atoms with E-state index in [1.807, 2.05) is 6.07 Å². The fourth-order valence-corrected chi connectivity index (χ4v) is 2.24. The highest BCUT2D eigenvalue weighted by atomic mass is 35.5. The summed E-state index contributed by atoms with van der Waals surface area (Å²) in [5, 5.41) is 18.8. The molecule has 2 aromatic rings. The lowest BCUT2D eigenvalue weighted by Crippen LogP contribution is -1.98. The normalized spacial score (nSPS) is 9.88. The van der Waals surface area contributed by atoms with Crippen molar-refractivity contribution in [3.8, 4) is 16.6 Å². The Hall–Kier alpha value is -1.90. The van der Waals surface area contributed by atoms with Gasteiger partial charge in [0, 0.05) is 10.6 Å². The van der Waals surface area contributed by atoms with Gasteiger partial charge in [0.05, 0.1) is 0 Å². The lowest BCUT2D eigenvalue weighted by atomic mass is 10.2. The Balaban J connectivity index is 2.51. The Labute approximate surface area is 106 Å². The highest BCUT2D eigenvalue weighted by molar-refractivity contribution is 7.15. The number of halogens is 1. The third-order valence-corrected chi connectivity index (χ3v) is 3.28. The van der Waals surface area contributed by atoms with E-state index in [-0.39, 0.29) is 10.6 Å². The first-order chi connectivity index (χ1) is 8.11. The van der Waals surface area contributed by atoms with Crippen molar-refractivity contribution in [3.63, 3.8) is 0 Å². The van der Waals surface area contributed by atoms with Crippen molar-refractivity contribution in [1.29, 1.82) is 5.26 Å². The summed E-state index contributed by atoms with van der Waals surface area (Å²) in [5.74, 6) is -1.20. The van der Waals surface area contributed by atoms with Crippen molar-refractivity contribution in [2.24, 2.45) is 0 Å². The highest BCUT2D eigenvalue weighted by Gasteiger charge is 2.17. The van der Waals surface area contributed by atoms with Gasteiger partial charge in [0.1, 0.15) is 16.0 Å². The summed E-state index contributed by atoms with van der Waals surface area (Å²) in [4.78, 5) is 14.9. The number of nitrogens with zero attached hydrogens (tertiary/aromatic N) is 2. The summed E-state index contributed by atoms with van der Waals surface area (Å²) in [6.07, 6.45) is 0. The summed E-state index contributed by atoms with van der Waals surface area (Å²) in [6, 6.07) is 8.66. The molecular formula is C11H5ClN2O2S. The summed E-state index contributed by atoms with van der Waals surface area (Å²) in [7, 11) is 0. The van der Waals surface area contributed by atoms with Gasteiger partial charge in [-0.1, -0.05) is 23.7 Å². The van der Waals surface area contributed by atoms with Gasteiger partial charge in [0.2, 0.25) is 0 Å². The van der Waals surface area contributed by atoms with Crippen LogP contribution < -0.4 is 0 Å². The quantitative estimate of drug-likeness (QED) is 0.905. The number of carbonyl (C=O) groups is 1. The molecule has 0 bridgehead atoms. The molecule has 0 aliphatic carbocycles. The molecule has 0 aliphatic rings. The Kier molecular flexibility index (Phi) is 3.09. The Morgan fingerprint density at radius 2 is 2.06 bits per heavy atom. The smallest absolute Gasteiger partial charge is 0.356 e. The topological polar surface area (TPSA) is 74.0 Å². The van der Waals surface area contributed by atoms with E-state index in [1.54, 1.807) is 24.3 Å². The van der Waals surface area contributed by atoms with Crippen LogP contribution in [0.1, 0.15) is 15.4 Å². The van der Waals surface area contributed by atoms with Crippen LogP contribution in [0.5, 0.6) is 0 Å². The summed E-state index contributed by atoms with van der Waals surface area (Å²) in [5.41, 5.74) is 0.533. The molecule has 1 aromatic carbocycles. The number of thiazole rings is 1. The number of hydrogen-bond acceptors (Lipinski definition) is 4. The van der Waals surface area contributed by atoms with E-state index in [0.717, 1.165) is 16.9 Å². The van der Waals surface area contributed by atoms with Crippen LogP contribution in [-0.4, -0.2) is 16.1 Å². The van der Waals surface area contributed by atoms with Crippen LogP contribution in [0, 0.1) is 11.3 Å². The Bertz CT molecular complexity index is 613. The molecule has 6 heteroatoms. The van der Waals surface area contributed by atoms with Crippen LogP contribution in [0.3, 0.4) is 0 Å². The molecule has 0 aliphatic heterocycles. The van der Waals surface area contributed by atoms with E-state index in [1.165, 1.54) is 0 Å². The molecule has 0 fully saturated rings. The third kappa shape index (κ3) is 2.28. The summed E-state index contributed by atoms with van der Waals surface area (Å²) >= 11 is 6.80. The first kappa shape index (κ1) is 11.6. The number of aromatic carboxylic acids is 1. The minimum atomic E-state index is -1.20. The van der Waals surface area contributed by atoms with Crippen molar-refractivity contribution in [1.82, 2.24) is 4.98 Å². The second-order valence-electron chi connectivity index (χ2n) is 3.12. The maximum atomic E-state index is 10.9. The number of carboxylic acids is 1. The van der Waals surface area contributed by atoms with Gasteiger partial charge in [0.25, 0.3) is 0 Å². The molecule has 1 aromatic heterocycles. The second kappa shape index (κ2) is 4.53. The van der Waals surface area contributed by atoms with Gasteiger partial charge in [-0.05, 0) is 12.1 Å². The maximum absolute atomic E-state index is 10.9. The zero-order valence-electron chi connectivity index (χ0n) is 8.35. The van der Waals surface area contributed by atoms with Gasteiger partial charge in [0.15, 0.2) is 5.69 Å². The van der Waals surface area contributed by atoms with Crippen molar-refractivity contribution >= 4 is 28.9 Å². The largest absolute Gasteiger partial charge is 0.476 e. The lowest BCUT2D eigenvalue weighted by molar-refractivity contribution is 0.0691. The van der Waals surface area contributed by atoms with Gasteiger partial charge in [-0.15, -0.1) is 11.3 Å². The molecular weight excluding hydrogens is 260 g/mol. The van der Waals surface area contributed by atoms with Gasteiger partial charge in [-0.25, -0.2) is 9.78 Å². The molecule has 84 valence electrons.